The van der Waals surface area contributed by atoms with Crippen molar-refractivity contribution in [1.29, 1.82) is 0 Å². The topological polar surface area (TPSA) is 69.2 Å². The number of hydrogen-bond donors (Lipinski definition) is 1. The first-order chi connectivity index (χ1) is 10.7. The summed E-state index contributed by atoms with van der Waals surface area (Å²) in [6.45, 7) is 5.21. The second kappa shape index (κ2) is 8.17. The number of methoxy groups -OCH3 is 1. The van der Waals surface area contributed by atoms with Crippen LogP contribution in [0.3, 0.4) is 0 Å². The lowest BCUT2D eigenvalue weighted by Crippen LogP contribution is -2.08. The Balaban J connectivity index is 2.04. The minimum atomic E-state index is 0.339. The van der Waals surface area contributed by atoms with Crippen molar-refractivity contribution in [3.8, 4) is 11.5 Å². The zero-order valence-electron chi connectivity index (χ0n) is 13.3. The van der Waals surface area contributed by atoms with Crippen LogP contribution in [0.2, 0.25) is 0 Å². The average molecular weight is 302 g/mol. The molecule has 0 atom stereocenters. The Hall–Kier alpha value is -2.37. The predicted octanol–water partition coefficient (Wildman–Crippen LogP) is 2.98. The largest absolute Gasteiger partial charge is 0.497 e. The van der Waals surface area contributed by atoms with E-state index in [0.717, 1.165) is 36.6 Å². The van der Waals surface area contributed by atoms with E-state index in [1.54, 1.807) is 25.6 Å². The number of aromatic nitrogens is 3. The molecule has 6 heteroatoms. The second-order valence-corrected chi connectivity index (χ2v) is 4.89. The molecule has 118 valence electrons. The number of rotatable bonds is 8. The summed E-state index contributed by atoms with van der Waals surface area (Å²) in [6.07, 6.45) is 5.60. The Kier molecular flexibility index (Phi) is 5.94. The third-order valence-corrected chi connectivity index (χ3v) is 3.10. The highest BCUT2D eigenvalue weighted by atomic mass is 16.5. The van der Waals surface area contributed by atoms with Crippen molar-refractivity contribution in [1.82, 2.24) is 15.0 Å². The predicted molar refractivity (Wildman–Crippen MR) is 85.3 cm³/mol. The van der Waals surface area contributed by atoms with Crippen molar-refractivity contribution >= 4 is 5.82 Å². The van der Waals surface area contributed by atoms with Gasteiger partial charge in [0.1, 0.15) is 18.2 Å². The van der Waals surface area contributed by atoms with E-state index in [4.69, 9.17) is 9.47 Å². The first kappa shape index (κ1) is 16.0. The van der Waals surface area contributed by atoms with E-state index < -0.39 is 0 Å². The van der Waals surface area contributed by atoms with Gasteiger partial charge in [-0.05, 0) is 19.4 Å². The minimum absolute atomic E-state index is 0.339. The Morgan fingerprint density at radius 2 is 2.14 bits per heavy atom. The number of aryl methyl sites for hydroxylation is 1. The molecule has 0 aliphatic rings. The van der Waals surface area contributed by atoms with Crippen molar-refractivity contribution in [2.45, 2.75) is 33.3 Å². The fourth-order valence-corrected chi connectivity index (χ4v) is 1.89. The van der Waals surface area contributed by atoms with E-state index >= 15 is 0 Å². The van der Waals surface area contributed by atoms with Crippen LogP contribution in [0, 0.1) is 6.92 Å². The Morgan fingerprint density at radius 1 is 1.27 bits per heavy atom. The highest BCUT2D eigenvalue weighted by molar-refractivity contribution is 5.48. The highest BCUT2D eigenvalue weighted by Crippen LogP contribution is 2.22. The van der Waals surface area contributed by atoms with Crippen molar-refractivity contribution in [3.05, 3.63) is 36.0 Å². The standard InChI is InChI=1S/C16H22N4O2/c1-4-5-7-18-16-15(10-19-12(2)20-16)22-11-13-9-14(21-3)6-8-17-13/h6,8-10H,4-5,7,11H2,1-3H3,(H,18,19,20). The summed E-state index contributed by atoms with van der Waals surface area (Å²) in [7, 11) is 1.63. The van der Waals surface area contributed by atoms with Crippen LogP contribution < -0.4 is 14.8 Å². The van der Waals surface area contributed by atoms with Crippen LogP contribution in [0.4, 0.5) is 5.82 Å². The maximum Gasteiger partial charge on any atom is 0.180 e. The molecular formula is C16H22N4O2. The van der Waals surface area contributed by atoms with Gasteiger partial charge in [-0.1, -0.05) is 13.3 Å². The Morgan fingerprint density at radius 3 is 2.91 bits per heavy atom. The van der Waals surface area contributed by atoms with Crippen molar-refractivity contribution in [3.63, 3.8) is 0 Å². The second-order valence-electron chi connectivity index (χ2n) is 4.89. The molecule has 2 aromatic rings. The summed E-state index contributed by atoms with van der Waals surface area (Å²) in [5.41, 5.74) is 0.791. The normalized spacial score (nSPS) is 10.3. The van der Waals surface area contributed by atoms with Gasteiger partial charge in [0, 0.05) is 18.8 Å². The molecule has 0 saturated heterocycles. The van der Waals surface area contributed by atoms with E-state index in [9.17, 15) is 0 Å². The van der Waals surface area contributed by atoms with Gasteiger partial charge in [0.2, 0.25) is 0 Å². The molecule has 0 unspecified atom stereocenters. The van der Waals surface area contributed by atoms with Crippen molar-refractivity contribution < 1.29 is 9.47 Å². The van der Waals surface area contributed by atoms with Crippen LogP contribution in [0.15, 0.2) is 24.5 Å². The van der Waals surface area contributed by atoms with Crippen LogP contribution in [0.25, 0.3) is 0 Å². The van der Waals surface area contributed by atoms with Crippen LogP contribution in [-0.4, -0.2) is 28.6 Å². The highest BCUT2D eigenvalue weighted by Gasteiger charge is 2.08. The average Bonchev–Trinajstić information content (AvgIpc) is 2.54. The van der Waals surface area contributed by atoms with Crippen molar-refractivity contribution in [2.75, 3.05) is 19.0 Å². The van der Waals surface area contributed by atoms with Crippen LogP contribution in [0.1, 0.15) is 31.3 Å². The first-order valence-electron chi connectivity index (χ1n) is 7.42. The fourth-order valence-electron chi connectivity index (χ4n) is 1.89. The van der Waals surface area contributed by atoms with Gasteiger partial charge in [-0.3, -0.25) is 4.98 Å². The summed E-state index contributed by atoms with van der Waals surface area (Å²) < 4.78 is 11.0. The molecule has 0 bridgehead atoms. The molecule has 1 N–H and O–H groups in total. The summed E-state index contributed by atoms with van der Waals surface area (Å²) in [5, 5.41) is 3.29. The molecule has 0 aliphatic heterocycles. The monoisotopic (exact) mass is 302 g/mol. The van der Waals surface area contributed by atoms with E-state index in [-0.39, 0.29) is 0 Å². The number of nitrogens with zero attached hydrogens (tertiary/aromatic N) is 3. The molecule has 0 fully saturated rings. The van der Waals surface area contributed by atoms with Crippen molar-refractivity contribution in [2.24, 2.45) is 0 Å². The summed E-state index contributed by atoms with van der Waals surface area (Å²) in [4.78, 5) is 12.9. The number of nitrogens with one attached hydrogen (secondary N) is 1. The fraction of sp³-hybridized carbons (Fsp3) is 0.438. The zero-order chi connectivity index (χ0) is 15.8. The molecule has 0 aromatic carbocycles. The summed E-state index contributed by atoms with van der Waals surface area (Å²) in [6, 6.07) is 3.65. The number of unbranched alkanes of at least 4 members (excludes halogenated alkanes) is 1. The van der Waals surface area contributed by atoms with Crippen LogP contribution >= 0.6 is 0 Å². The molecule has 0 aliphatic carbocycles. The quantitative estimate of drug-likeness (QED) is 0.756. The molecule has 6 nitrogen and oxygen atoms in total. The van der Waals surface area contributed by atoms with Crippen LogP contribution in [0.5, 0.6) is 11.5 Å². The Bertz CT molecular complexity index is 604. The van der Waals surface area contributed by atoms with E-state index in [1.807, 2.05) is 13.0 Å². The number of ether oxygens (including phenoxy) is 2. The van der Waals surface area contributed by atoms with Gasteiger partial charge in [-0.2, -0.15) is 0 Å². The van der Waals surface area contributed by atoms with Gasteiger partial charge in [0.05, 0.1) is 19.0 Å². The van der Waals surface area contributed by atoms with Gasteiger partial charge in [0.25, 0.3) is 0 Å². The lowest BCUT2D eigenvalue weighted by molar-refractivity contribution is 0.299. The molecule has 2 aromatic heterocycles. The molecule has 22 heavy (non-hydrogen) atoms. The summed E-state index contributed by atoms with van der Waals surface area (Å²) in [5.74, 6) is 2.83. The molecular weight excluding hydrogens is 280 g/mol. The first-order valence-corrected chi connectivity index (χ1v) is 7.42. The van der Waals surface area contributed by atoms with Gasteiger partial charge >= 0.3 is 0 Å². The number of hydrogen-bond acceptors (Lipinski definition) is 6. The van der Waals surface area contributed by atoms with Gasteiger partial charge in [-0.25, -0.2) is 9.97 Å². The minimum Gasteiger partial charge on any atom is -0.497 e. The van der Waals surface area contributed by atoms with E-state index in [1.165, 1.54) is 0 Å². The zero-order valence-corrected chi connectivity index (χ0v) is 13.3. The summed E-state index contributed by atoms with van der Waals surface area (Å²) >= 11 is 0. The molecule has 2 heterocycles. The molecule has 2 rings (SSSR count). The smallest absolute Gasteiger partial charge is 0.180 e. The molecule has 0 saturated carbocycles. The van der Waals surface area contributed by atoms with Gasteiger partial charge < -0.3 is 14.8 Å². The van der Waals surface area contributed by atoms with E-state index in [2.05, 4.69) is 27.2 Å². The molecule has 0 amide bonds. The lowest BCUT2D eigenvalue weighted by Gasteiger charge is -2.12. The lowest BCUT2D eigenvalue weighted by atomic mass is 10.3. The number of pyridine rings is 1. The van der Waals surface area contributed by atoms with Gasteiger partial charge in [0.15, 0.2) is 11.6 Å². The molecule has 0 spiro atoms. The SMILES string of the molecule is CCCCNc1nc(C)ncc1OCc1cc(OC)ccn1. The third kappa shape index (κ3) is 4.58. The molecule has 0 radical (unpaired) electrons. The maximum atomic E-state index is 5.80. The maximum absolute atomic E-state index is 5.80. The van der Waals surface area contributed by atoms with E-state index in [0.29, 0.717) is 18.2 Å². The van der Waals surface area contributed by atoms with Gasteiger partial charge in [-0.15, -0.1) is 0 Å². The third-order valence-electron chi connectivity index (χ3n) is 3.10. The van der Waals surface area contributed by atoms with Crippen LogP contribution in [-0.2, 0) is 6.61 Å². The Labute approximate surface area is 130 Å². The number of anilines is 1.